The average Bonchev–Trinajstić information content (AvgIpc) is 2.77. The highest BCUT2D eigenvalue weighted by Gasteiger charge is 2.12. The molecule has 0 unspecified atom stereocenters. The fourth-order valence-electron chi connectivity index (χ4n) is 2.80. The van der Waals surface area contributed by atoms with Crippen LogP contribution in [0.1, 0.15) is 22.3 Å². The lowest BCUT2D eigenvalue weighted by atomic mass is 10.0. The van der Waals surface area contributed by atoms with Crippen molar-refractivity contribution in [1.29, 1.82) is 10.5 Å². The van der Waals surface area contributed by atoms with Gasteiger partial charge < -0.3 is 9.47 Å². The summed E-state index contributed by atoms with van der Waals surface area (Å²) in [6.07, 6.45) is 1.77. The van der Waals surface area contributed by atoms with E-state index in [4.69, 9.17) is 26.3 Å². The summed E-state index contributed by atoms with van der Waals surface area (Å²) in [5.41, 5.74) is 3.44. The van der Waals surface area contributed by atoms with E-state index in [9.17, 15) is 5.26 Å². The van der Waals surface area contributed by atoms with Crippen molar-refractivity contribution in [2.75, 3.05) is 7.11 Å². The van der Waals surface area contributed by atoms with Gasteiger partial charge in [-0.25, -0.2) is 0 Å². The van der Waals surface area contributed by atoms with Crippen LogP contribution in [0.4, 0.5) is 0 Å². The Labute approximate surface area is 194 Å². The molecule has 6 heteroatoms. The predicted molar refractivity (Wildman–Crippen MR) is 126 cm³/mol. The molecule has 0 amide bonds. The standard InChI is InChI=1S/C24H16ClIN2O2/c1-29-23-12-18(10-20(14-28)19-4-2-3-17(9-19)13-27)11-22(26)24(23)30-15-16-5-7-21(25)8-6-16/h2-12H,15H2,1H3/b20-10-. The summed E-state index contributed by atoms with van der Waals surface area (Å²) in [5.74, 6) is 1.21. The Hall–Kier alpha value is -3.00. The van der Waals surface area contributed by atoms with Crippen LogP contribution in [0.5, 0.6) is 11.5 Å². The molecule has 0 fully saturated rings. The molecule has 0 saturated heterocycles. The van der Waals surface area contributed by atoms with Crippen LogP contribution in [0, 0.1) is 26.2 Å². The fourth-order valence-corrected chi connectivity index (χ4v) is 3.71. The van der Waals surface area contributed by atoms with Crippen LogP contribution in [0.25, 0.3) is 11.6 Å². The van der Waals surface area contributed by atoms with Gasteiger partial charge in [-0.2, -0.15) is 10.5 Å². The second-order valence-corrected chi connectivity index (χ2v) is 7.91. The van der Waals surface area contributed by atoms with E-state index in [1.165, 1.54) is 0 Å². The average molecular weight is 527 g/mol. The second kappa shape index (κ2) is 10.2. The van der Waals surface area contributed by atoms with Crippen LogP contribution < -0.4 is 9.47 Å². The van der Waals surface area contributed by atoms with Crippen LogP contribution in [0.2, 0.25) is 5.02 Å². The molecule has 0 heterocycles. The molecule has 0 saturated carbocycles. The molecule has 4 nitrogen and oxygen atoms in total. The molecule has 0 bridgehead atoms. The van der Waals surface area contributed by atoms with E-state index >= 15 is 0 Å². The third-order valence-corrected chi connectivity index (χ3v) is 5.34. The van der Waals surface area contributed by atoms with Gasteiger partial charge in [0, 0.05) is 5.02 Å². The van der Waals surface area contributed by atoms with Crippen molar-refractivity contribution in [3.63, 3.8) is 0 Å². The highest BCUT2D eigenvalue weighted by atomic mass is 127. The Morgan fingerprint density at radius 3 is 2.53 bits per heavy atom. The van der Waals surface area contributed by atoms with E-state index in [1.807, 2.05) is 42.5 Å². The van der Waals surface area contributed by atoms with E-state index in [1.54, 1.807) is 31.4 Å². The Bertz CT molecular complexity index is 1180. The molecule has 0 atom stereocenters. The SMILES string of the molecule is COc1cc(/C=C(/C#N)c2cccc(C#N)c2)cc(I)c1OCc1ccc(Cl)cc1. The van der Waals surface area contributed by atoms with Gasteiger partial charge in [-0.15, -0.1) is 0 Å². The molecule has 0 spiro atoms. The smallest absolute Gasteiger partial charge is 0.174 e. The molecule has 0 radical (unpaired) electrons. The summed E-state index contributed by atoms with van der Waals surface area (Å²) in [6, 6.07) is 22.5. The van der Waals surface area contributed by atoms with Crippen LogP contribution in [0.15, 0.2) is 60.7 Å². The van der Waals surface area contributed by atoms with Crippen molar-refractivity contribution in [3.05, 3.63) is 91.5 Å². The minimum absolute atomic E-state index is 0.378. The summed E-state index contributed by atoms with van der Waals surface area (Å²) in [7, 11) is 1.58. The van der Waals surface area contributed by atoms with E-state index in [0.29, 0.717) is 39.8 Å². The quantitative estimate of drug-likeness (QED) is 0.210. The van der Waals surface area contributed by atoms with E-state index in [0.717, 1.165) is 14.7 Å². The van der Waals surface area contributed by atoms with Crippen molar-refractivity contribution in [2.45, 2.75) is 6.61 Å². The molecular weight excluding hydrogens is 511 g/mol. The molecule has 3 aromatic carbocycles. The van der Waals surface area contributed by atoms with Gasteiger partial charge in [-0.1, -0.05) is 35.9 Å². The number of rotatable bonds is 6. The first-order valence-corrected chi connectivity index (χ1v) is 10.4. The Morgan fingerprint density at radius 1 is 1.10 bits per heavy atom. The topological polar surface area (TPSA) is 66.0 Å². The molecule has 3 rings (SSSR count). The van der Waals surface area contributed by atoms with Gasteiger partial charge in [0.15, 0.2) is 11.5 Å². The number of nitrogens with zero attached hydrogens (tertiary/aromatic N) is 2. The number of methoxy groups -OCH3 is 1. The molecule has 30 heavy (non-hydrogen) atoms. The maximum Gasteiger partial charge on any atom is 0.174 e. The summed E-state index contributed by atoms with van der Waals surface area (Å²) >= 11 is 8.11. The van der Waals surface area contributed by atoms with Gasteiger partial charge >= 0.3 is 0 Å². The van der Waals surface area contributed by atoms with E-state index < -0.39 is 0 Å². The highest BCUT2D eigenvalue weighted by molar-refractivity contribution is 14.1. The maximum atomic E-state index is 9.62. The Kier molecular flexibility index (Phi) is 7.35. The Balaban J connectivity index is 1.90. The predicted octanol–water partition coefficient (Wildman–Crippen LogP) is 6.47. The van der Waals surface area contributed by atoms with Crippen LogP contribution in [-0.4, -0.2) is 7.11 Å². The van der Waals surface area contributed by atoms with Crippen molar-refractivity contribution in [1.82, 2.24) is 0 Å². The van der Waals surface area contributed by atoms with Gasteiger partial charge in [-0.3, -0.25) is 0 Å². The largest absolute Gasteiger partial charge is 0.493 e. The number of allylic oxidation sites excluding steroid dienone is 1. The van der Waals surface area contributed by atoms with Gasteiger partial charge in [0.2, 0.25) is 0 Å². The zero-order chi connectivity index (χ0) is 21.5. The number of benzene rings is 3. The summed E-state index contributed by atoms with van der Waals surface area (Å²) in [4.78, 5) is 0. The van der Waals surface area contributed by atoms with Crippen LogP contribution >= 0.6 is 34.2 Å². The van der Waals surface area contributed by atoms with Gasteiger partial charge in [0.1, 0.15) is 6.61 Å². The van der Waals surface area contributed by atoms with Gasteiger partial charge in [0.05, 0.1) is 34.0 Å². The summed E-state index contributed by atoms with van der Waals surface area (Å²) in [6.45, 7) is 0.378. The number of halogens is 2. The lowest BCUT2D eigenvalue weighted by Gasteiger charge is -2.14. The number of nitriles is 2. The number of hydrogen-bond acceptors (Lipinski definition) is 4. The third kappa shape index (κ3) is 5.33. The maximum absolute atomic E-state index is 9.62. The van der Waals surface area contributed by atoms with Crippen LogP contribution in [0.3, 0.4) is 0 Å². The molecule has 3 aromatic rings. The van der Waals surface area contributed by atoms with Crippen molar-refractivity contribution >= 4 is 45.8 Å². The van der Waals surface area contributed by atoms with Crippen LogP contribution in [-0.2, 0) is 6.61 Å². The summed E-state index contributed by atoms with van der Waals surface area (Å²) in [5, 5.41) is 19.4. The number of ether oxygens (including phenoxy) is 2. The van der Waals surface area contributed by atoms with Gasteiger partial charge in [0.25, 0.3) is 0 Å². The van der Waals surface area contributed by atoms with Crippen molar-refractivity contribution in [2.24, 2.45) is 0 Å². The molecular formula is C24H16ClIN2O2. The molecule has 0 aliphatic rings. The van der Waals surface area contributed by atoms with E-state index in [2.05, 4.69) is 34.7 Å². The first-order valence-electron chi connectivity index (χ1n) is 8.91. The summed E-state index contributed by atoms with van der Waals surface area (Å²) < 4.78 is 12.4. The zero-order valence-electron chi connectivity index (χ0n) is 16.0. The lowest BCUT2D eigenvalue weighted by Crippen LogP contribution is -2.00. The molecule has 0 aliphatic heterocycles. The van der Waals surface area contributed by atoms with E-state index in [-0.39, 0.29) is 0 Å². The Morgan fingerprint density at radius 2 is 1.87 bits per heavy atom. The first kappa shape index (κ1) is 21.7. The highest BCUT2D eigenvalue weighted by Crippen LogP contribution is 2.35. The van der Waals surface area contributed by atoms with Gasteiger partial charge in [-0.05, 0) is 81.8 Å². The second-order valence-electron chi connectivity index (χ2n) is 6.31. The molecule has 148 valence electrons. The minimum Gasteiger partial charge on any atom is -0.493 e. The molecule has 0 aliphatic carbocycles. The first-order chi connectivity index (χ1) is 14.5. The minimum atomic E-state index is 0.378. The normalized spacial score (nSPS) is 10.8. The zero-order valence-corrected chi connectivity index (χ0v) is 18.9. The lowest BCUT2D eigenvalue weighted by molar-refractivity contribution is 0.282. The van der Waals surface area contributed by atoms with Crippen molar-refractivity contribution in [3.8, 4) is 23.6 Å². The monoisotopic (exact) mass is 526 g/mol. The molecule has 0 aromatic heterocycles. The third-order valence-electron chi connectivity index (χ3n) is 4.28. The molecule has 0 N–H and O–H groups in total. The van der Waals surface area contributed by atoms with Crippen molar-refractivity contribution < 1.29 is 9.47 Å². The number of hydrogen-bond donors (Lipinski definition) is 0. The fraction of sp³-hybridized carbons (Fsp3) is 0.0833.